The van der Waals surface area contributed by atoms with E-state index in [1.54, 1.807) is 0 Å². The van der Waals surface area contributed by atoms with Crippen molar-refractivity contribution in [2.75, 3.05) is 5.32 Å². The van der Waals surface area contributed by atoms with Crippen molar-refractivity contribution in [3.63, 3.8) is 0 Å². The molecule has 0 amide bonds. The smallest absolute Gasteiger partial charge is 0.247 e. The molecule has 0 saturated heterocycles. The van der Waals surface area contributed by atoms with E-state index >= 15 is 0 Å². The third kappa shape index (κ3) is 3.10. The van der Waals surface area contributed by atoms with Crippen molar-refractivity contribution >= 4 is 16.8 Å². The van der Waals surface area contributed by atoms with Gasteiger partial charge in [-0.2, -0.15) is 0 Å². The number of aromatic nitrogens is 3. The molecule has 2 aromatic carbocycles. The van der Waals surface area contributed by atoms with E-state index in [9.17, 15) is 0 Å². The van der Waals surface area contributed by atoms with Crippen LogP contribution in [0.25, 0.3) is 22.6 Å². The second-order valence-electron chi connectivity index (χ2n) is 6.09. The Morgan fingerprint density at radius 2 is 1.76 bits per heavy atom. The highest BCUT2D eigenvalue weighted by molar-refractivity contribution is 5.77. The summed E-state index contributed by atoms with van der Waals surface area (Å²) in [7, 11) is 0. The summed E-state index contributed by atoms with van der Waals surface area (Å²) >= 11 is 0. The number of aryl methyl sites for hydroxylation is 2. The summed E-state index contributed by atoms with van der Waals surface area (Å²) in [5.41, 5.74) is 4.62. The predicted molar refractivity (Wildman–Crippen MR) is 95.3 cm³/mol. The fourth-order valence-corrected chi connectivity index (χ4v) is 2.67. The van der Waals surface area contributed by atoms with Gasteiger partial charge >= 0.3 is 0 Å². The largest absolute Gasteiger partial charge is 0.441 e. The van der Waals surface area contributed by atoms with E-state index in [0.29, 0.717) is 17.7 Å². The minimum Gasteiger partial charge on any atom is -0.441 e. The second kappa shape index (κ2) is 6.05. The Kier molecular flexibility index (Phi) is 3.72. The number of hydrogen-bond donors (Lipinski definition) is 1. The Morgan fingerprint density at radius 3 is 2.56 bits per heavy atom. The number of anilines is 1. The summed E-state index contributed by atoms with van der Waals surface area (Å²) in [6.07, 6.45) is 0. The standard InChI is InChI=1S/C19H18N4O2/c1-11-4-6-14(7-5-11)19-23-22-18(25-19)12(2)20-15-8-9-17-16(10-15)21-13(3)24-17/h4-10,12,20H,1-3H3. The first-order valence-electron chi connectivity index (χ1n) is 8.13. The SMILES string of the molecule is Cc1ccc(-c2nnc(C(C)Nc3ccc4oc(C)nc4c3)o2)cc1. The van der Waals surface area contributed by atoms with E-state index in [4.69, 9.17) is 8.83 Å². The topological polar surface area (TPSA) is 77.0 Å². The van der Waals surface area contributed by atoms with E-state index in [1.165, 1.54) is 5.56 Å². The maximum Gasteiger partial charge on any atom is 0.247 e. The third-order valence-corrected chi connectivity index (χ3v) is 3.99. The lowest BCUT2D eigenvalue weighted by Crippen LogP contribution is -2.06. The maximum atomic E-state index is 5.82. The van der Waals surface area contributed by atoms with Crippen molar-refractivity contribution in [3.05, 3.63) is 59.8 Å². The number of nitrogens with zero attached hydrogens (tertiary/aromatic N) is 3. The molecule has 0 aliphatic heterocycles. The highest BCUT2D eigenvalue weighted by Gasteiger charge is 2.15. The van der Waals surface area contributed by atoms with E-state index in [1.807, 2.05) is 63.2 Å². The Hall–Kier alpha value is -3.15. The number of oxazole rings is 1. The predicted octanol–water partition coefficient (Wildman–Crippen LogP) is 4.67. The van der Waals surface area contributed by atoms with Crippen molar-refractivity contribution in [2.24, 2.45) is 0 Å². The molecule has 6 nitrogen and oxygen atoms in total. The van der Waals surface area contributed by atoms with Crippen molar-refractivity contribution in [1.29, 1.82) is 0 Å². The van der Waals surface area contributed by atoms with Crippen LogP contribution in [0.3, 0.4) is 0 Å². The Balaban J connectivity index is 1.54. The van der Waals surface area contributed by atoms with Gasteiger partial charge in [-0.25, -0.2) is 4.98 Å². The average Bonchev–Trinajstić information content (AvgIpc) is 3.21. The van der Waals surface area contributed by atoms with Gasteiger partial charge in [0, 0.05) is 18.2 Å². The number of benzene rings is 2. The molecule has 0 aliphatic rings. The summed E-state index contributed by atoms with van der Waals surface area (Å²) in [5.74, 6) is 1.71. The molecule has 126 valence electrons. The van der Waals surface area contributed by atoms with Gasteiger partial charge in [0.15, 0.2) is 11.5 Å². The zero-order valence-electron chi connectivity index (χ0n) is 14.3. The lowest BCUT2D eigenvalue weighted by atomic mass is 10.1. The molecule has 0 radical (unpaired) electrons. The van der Waals surface area contributed by atoms with Gasteiger partial charge in [-0.05, 0) is 44.2 Å². The lowest BCUT2D eigenvalue weighted by molar-refractivity contribution is 0.485. The normalized spacial score (nSPS) is 12.4. The van der Waals surface area contributed by atoms with Gasteiger partial charge in [0.1, 0.15) is 11.6 Å². The molecule has 2 aromatic heterocycles. The van der Waals surface area contributed by atoms with Crippen LogP contribution in [-0.2, 0) is 0 Å². The molecule has 0 saturated carbocycles. The molecule has 4 rings (SSSR count). The first kappa shape index (κ1) is 15.4. The molecule has 1 N–H and O–H groups in total. The molecule has 1 atom stereocenters. The van der Waals surface area contributed by atoms with Gasteiger partial charge in [-0.3, -0.25) is 0 Å². The highest BCUT2D eigenvalue weighted by Crippen LogP contribution is 2.25. The van der Waals surface area contributed by atoms with Crippen LogP contribution in [0.5, 0.6) is 0 Å². The van der Waals surface area contributed by atoms with Crippen LogP contribution in [-0.4, -0.2) is 15.2 Å². The van der Waals surface area contributed by atoms with Gasteiger partial charge in [-0.1, -0.05) is 17.7 Å². The fraction of sp³-hybridized carbons (Fsp3) is 0.211. The van der Waals surface area contributed by atoms with E-state index in [-0.39, 0.29) is 6.04 Å². The molecule has 0 spiro atoms. The van der Waals surface area contributed by atoms with Gasteiger partial charge in [0.05, 0.1) is 0 Å². The first-order chi connectivity index (χ1) is 12.1. The molecule has 0 aliphatic carbocycles. The molecule has 25 heavy (non-hydrogen) atoms. The molecule has 4 aromatic rings. The fourth-order valence-electron chi connectivity index (χ4n) is 2.67. The maximum absolute atomic E-state index is 5.82. The van der Waals surface area contributed by atoms with Crippen molar-refractivity contribution in [2.45, 2.75) is 26.8 Å². The monoisotopic (exact) mass is 334 g/mol. The Bertz CT molecular complexity index is 1020. The van der Waals surface area contributed by atoms with Crippen molar-refractivity contribution in [3.8, 4) is 11.5 Å². The van der Waals surface area contributed by atoms with Crippen molar-refractivity contribution < 1.29 is 8.83 Å². The zero-order valence-corrected chi connectivity index (χ0v) is 14.3. The van der Waals surface area contributed by atoms with E-state index in [2.05, 4.69) is 20.5 Å². The highest BCUT2D eigenvalue weighted by atomic mass is 16.4. The minimum atomic E-state index is -0.128. The van der Waals surface area contributed by atoms with Gasteiger partial charge in [0.2, 0.25) is 11.8 Å². The molecule has 0 fully saturated rings. The zero-order chi connectivity index (χ0) is 17.4. The van der Waals surface area contributed by atoms with Gasteiger partial charge in [-0.15, -0.1) is 10.2 Å². The van der Waals surface area contributed by atoms with Crippen molar-refractivity contribution in [1.82, 2.24) is 15.2 Å². The van der Waals surface area contributed by atoms with Crippen LogP contribution >= 0.6 is 0 Å². The molecule has 0 bridgehead atoms. The molecule has 6 heteroatoms. The number of nitrogens with one attached hydrogen (secondary N) is 1. The summed E-state index contributed by atoms with van der Waals surface area (Å²) in [4.78, 5) is 4.35. The molecule has 2 heterocycles. The Morgan fingerprint density at radius 1 is 0.960 bits per heavy atom. The quantitative estimate of drug-likeness (QED) is 0.584. The van der Waals surface area contributed by atoms with Crippen LogP contribution in [0, 0.1) is 13.8 Å². The first-order valence-corrected chi connectivity index (χ1v) is 8.13. The minimum absolute atomic E-state index is 0.128. The summed E-state index contributed by atoms with van der Waals surface area (Å²) < 4.78 is 11.3. The number of rotatable bonds is 4. The van der Waals surface area contributed by atoms with Gasteiger partial charge in [0.25, 0.3) is 0 Å². The van der Waals surface area contributed by atoms with Gasteiger partial charge < -0.3 is 14.2 Å². The van der Waals surface area contributed by atoms with Crippen LogP contribution in [0.1, 0.15) is 30.3 Å². The average molecular weight is 334 g/mol. The van der Waals surface area contributed by atoms with Crippen LogP contribution in [0.4, 0.5) is 5.69 Å². The molecular formula is C19H18N4O2. The second-order valence-corrected chi connectivity index (χ2v) is 6.09. The summed E-state index contributed by atoms with van der Waals surface area (Å²) in [6.45, 7) is 5.85. The molecule has 1 unspecified atom stereocenters. The summed E-state index contributed by atoms with van der Waals surface area (Å²) in [6, 6.07) is 13.7. The van der Waals surface area contributed by atoms with Crippen LogP contribution in [0.2, 0.25) is 0 Å². The van der Waals surface area contributed by atoms with Crippen LogP contribution in [0.15, 0.2) is 51.3 Å². The van der Waals surface area contributed by atoms with E-state index < -0.39 is 0 Å². The van der Waals surface area contributed by atoms with E-state index in [0.717, 1.165) is 22.4 Å². The number of fused-ring (bicyclic) bond motifs is 1. The van der Waals surface area contributed by atoms with Crippen LogP contribution < -0.4 is 5.32 Å². The number of hydrogen-bond acceptors (Lipinski definition) is 6. The third-order valence-electron chi connectivity index (χ3n) is 3.99. The Labute approximate surface area is 144 Å². The lowest BCUT2D eigenvalue weighted by Gasteiger charge is -2.10. The molecular weight excluding hydrogens is 316 g/mol. The summed E-state index contributed by atoms with van der Waals surface area (Å²) in [5, 5.41) is 11.7.